The van der Waals surface area contributed by atoms with Crippen LogP contribution in [0.2, 0.25) is 0 Å². The number of aromatic hydroxyl groups is 5. The Morgan fingerprint density at radius 1 is 0.600 bits per heavy atom. The predicted octanol–water partition coefficient (Wildman–Crippen LogP) is 4.36. The molecule has 0 aliphatic rings. The quantitative estimate of drug-likeness (QED) is 0.225. The highest BCUT2D eigenvalue weighted by Gasteiger charge is 2.25. The molecule has 7 heteroatoms. The van der Waals surface area contributed by atoms with Crippen LogP contribution < -0.4 is 0 Å². The fourth-order valence-corrected chi connectivity index (χ4v) is 4.07. The molecule has 2 heterocycles. The van der Waals surface area contributed by atoms with Crippen LogP contribution in [0.3, 0.4) is 0 Å². The maximum Gasteiger partial charge on any atom is 0.200 e. The van der Waals surface area contributed by atoms with Gasteiger partial charge in [0.05, 0.1) is 0 Å². The number of hydrogen-bond acceptors (Lipinski definition) is 5. The van der Waals surface area contributed by atoms with Gasteiger partial charge >= 0.3 is 0 Å². The third kappa shape index (κ3) is 2.68. The first-order valence-corrected chi connectivity index (χ1v) is 9.27. The number of aromatic amines is 2. The lowest BCUT2D eigenvalue weighted by Gasteiger charge is -2.18. The Kier molecular flexibility index (Phi) is 3.79. The molecule has 0 aliphatic heterocycles. The molecule has 0 atom stereocenters. The Bertz CT molecular complexity index is 1310. The molecule has 30 heavy (non-hydrogen) atoms. The van der Waals surface area contributed by atoms with E-state index in [1.54, 1.807) is 36.4 Å². The Labute approximate surface area is 170 Å². The summed E-state index contributed by atoms with van der Waals surface area (Å²) in [6.07, 6.45) is 3.63. The minimum absolute atomic E-state index is 0.134. The number of phenols is 5. The molecule has 150 valence electrons. The lowest BCUT2D eigenvalue weighted by Crippen LogP contribution is -2.02. The summed E-state index contributed by atoms with van der Waals surface area (Å²) >= 11 is 0. The Balaban J connectivity index is 1.81. The van der Waals surface area contributed by atoms with E-state index in [-0.39, 0.29) is 11.5 Å². The topological polar surface area (TPSA) is 133 Å². The standard InChI is InChI=1S/C23H18N2O5/c26-12-1-3-14-16(9-24-18(14)7-12)22(11-5-20(28)23(30)21(29)6-11)17-10-25-19-8-13(27)2-4-15(17)19/h1-10,22,24-30H. The maximum absolute atomic E-state index is 10.1. The summed E-state index contributed by atoms with van der Waals surface area (Å²) in [4.78, 5) is 6.31. The summed E-state index contributed by atoms with van der Waals surface area (Å²) in [5.74, 6) is -1.59. The smallest absolute Gasteiger partial charge is 0.200 e. The highest BCUT2D eigenvalue weighted by atomic mass is 16.3. The summed E-state index contributed by atoms with van der Waals surface area (Å²) in [6.45, 7) is 0. The van der Waals surface area contributed by atoms with Crippen molar-refractivity contribution in [2.45, 2.75) is 5.92 Å². The minimum atomic E-state index is -0.579. The van der Waals surface area contributed by atoms with Crippen LogP contribution in [0.1, 0.15) is 22.6 Å². The van der Waals surface area contributed by atoms with Crippen LogP contribution >= 0.6 is 0 Å². The normalized spacial score (nSPS) is 11.6. The van der Waals surface area contributed by atoms with Gasteiger partial charge in [0.15, 0.2) is 17.2 Å². The molecule has 0 spiro atoms. The van der Waals surface area contributed by atoms with Gasteiger partial charge in [-0.05, 0) is 53.1 Å². The van der Waals surface area contributed by atoms with Crippen molar-refractivity contribution in [3.8, 4) is 28.7 Å². The molecule has 0 bridgehead atoms. The molecule has 0 radical (unpaired) electrons. The van der Waals surface area contributed by atoms with Crippen LogP contribution in [0, 0.1) is 0 Å². The van der Waals surface area contributed by atoms with Gasteiger partial charge < -0.3 is 35.5 Å². The van der Waals surface area contributed by atoms with Crippen LogP contribution in [0.15, 0.2) is 60.9 Å². The summed E-state index contributed by atoms with van der Waals surface area (Å²) in [6, 6.07) is 12.8. The number of benzene rings is 3. The third-order valence-electron chi connectivity index (χ3n) is 5.44. The molecule has 0 amide bonds. The zero-order valence-electron chi connectivity index (χ0n) is 15.6. The van der Waals surface area contributed by atoms with E-state index in [4.69, 9.17) is 0 Å². The molecule has 0 fully saturated rings. The van der Waals surface area contributed by atoms with E-state index in [1.807, 2.05) is 12.4 Å². The second-order valence-corrected chi connectivity index (χ2v) is 7.29. The first-order chi connectivity index (χ1) is 14.4. The third-order valence-corrected chi connectivity index (χ3v) is 5.44. The van der Waals surface area contributed by atoms with Crippen molar-refractivity contribution in [3.05, 3.63) is 77.6 Å². The van der Waals surface area contributed by atoms with Crippen molar-refractivity contribution >= 4 is 21.8 Å². The summed E-state index contributed by atoms with van der Waals surface area (Å²) < 4.78 is 0. The van der Waals surface area contributed by atoms with E-state index in [9.17, 15) is 25.5 Å². The van der Waals surface area contributed by atoms with Gasteiger partial charge in [-0.15, -0.1) is 0 Å². The molecule has 5 aromatic rings. The summed E-state index contributed by atoms with van der Waals surface area (Å²) in [7, 11) is 0. The van der Waals surface area contributed by atoms with Crippen molar-refractivity contribution in [2.75, 3.05) is 0 Å². The molecule has 3 aromatic carbocycles. The number of hydrogen-bond donors (Lipinski definition) is 7. The molecular weight excluding hydrogens is 384 g/mol. The van der Waals surface area contributed by atoms with Crippen LogP contribution in [0.5, 0.6) is 28.7 Å². The Morgan fingerprint density at radius 2 is 1.07 bits per heavy atom. The van der Waals surface area contributed by atoms with E-state index in [1.165, 1.54) is 12.1 Å². The molecule has 5 rings (SSSR count). The van der Waals surface area contributed by atoms with Crippen LogP contribution in [-0.4, -0.2) is 35.5 Å². The highest BCUT2D eigenvalue weighted by Crippen LogP contribution is 2.45. The molecule has 0 saturated carbocycles. The Hall–Kier alpha value is -4.26. The number of nitrogens with one attached hydrogen (secondary N) is 2. The molecule has 0 saturated heterocycles. The zero-order chi connectivity index (χ0) is 21.0. The van der Waals surface area contributed by atoms with Crippen molar-refractivity contribution in [1.29, 1.82) is 0 Å². The Morgan fingerprint density at radius 3 is 1.53 bits per heavy atom. The van der Waals surface area contributed by atoms with Crippen LogP contribution in [0.4, 0.5) is 0 Å². The number of rotatable bonds is 3. The van der Waals surface area contributed by atoms with Gasteiger partial charge in [-0.2, -0.15) is 0 Å². The van der Waals surface area contributed by atoms with Gasteiger partial charge in [-0.3, -0.25) is 0 Å². The number of phenolic OH excluding ortho intramolecular Hbond substituents is 5. The largest absolute Gasteiger partial charge is 0.508 e. The zero-order valence-corrected chi connectivity index (χ0v) is 15.6. The first-order valence-electron chi connectivity index (χ1n) is 9.27. The summed E-state index contributed by atoms with van der Waals surface area (Å²) in [5, 5.41) is 51.4. The lowest BCUT2D eigenvalue weighted by atomic mass is 9.84. The van der Waals surface area contributed by atoms with E-state index in [0.717, 1.165) is 32.9 Å². The molecule has 7 nitrogen and oxygen atoms in total. The van der Waals surface area contributed by atoms with Gasteiger partial charge in [0, 0.05) is 52.3 Å². The first kappa shape index (κ1) is 17.8. The number of aromatic nitrogens is 2. The molecular formula is C23H18N2O5. The van der Waals surface area contributed by atoms with Crippen molar-refractivity contribution < 1.29 is 25.5 Å². The van der Waals surface area contributed by atoms with Crippen molar-refractivity contribution in [1.82, 2.24) is 9.97 Å². The lowest BCUT2D eigenvalue weighted by molar-refractivity contribution is 0.367. The minimum Gasteiger partial charge on any atom is -0.508 e. The SMILES string of the molecule is Oc1ccc2c(C(c3cc(O)c(O)c(O)c3)c3c[nH]c4cc(O)ccc34)c[nH]c2c1. The van der Waals surface area contributed by atoms with Crippen molar-refractivity contribution in [2.24, 2.45) is 0 Å². The second kappa shape index (κ2) is 6.38. The van der Waals surface area contributed by atoms with E-state index in [2.05, 4.69) is 9.97 Å². The van der Waals surface area contributed by atoms with Crippen LogP contribution in [-0.2, 0) is 0 Å². The second-order valence-electron chi connectivity index (χ2n) is 7.29. The molecule has 0 unspecified atom stereocenters. The van der Waals surface area contributed by atoms with E-state index in [0.29, 0.717) is 5.56 Å². The predicted molar refractivity (Wildman–Crippen MR) is 112 cm³/mol. The fourth-order valence-electron chi connectivity index (χ4n) is 4.07. The van der Waals surface area contributed by atoms with Gasteiger partial charge in [-0.1, -0.05) is 0 Å². The average Bonchev–Trinajstić information content (AvgIpc) is 3.30. The van der Waals surface area contributed by atoms with Gasteiger partial charge in [0.25, 0.3) is 0 Å². The summed E-state index contributed by atoms with van der Waals surface area (Å²) in [5.41, 5.74) is 3.73. The number of fused-ring (bicyclic) bond motifs is 2. The van der Waals surface area contributed by atoms with Gasteiger partial charge in [-0.25, -0.2) is 0 Å². The number of H-pyrrole nitrogens is 2. The maximum atomic E-state index is 10.1. The van der Waals surface area contributed by atoms with Gasteiger partial charge in [0.2, 0.25) is 0 Å². The monoisotopic (exact) mass is 402 g/mol. The highest BCUT2D eigenvalue weighted by molar-refractivity contribution is 5.90. The fraction of sp³-hybridized carbons (Fsp3) is 0.0435. The van der Waals surface area contributed by atoms with E-state index >= 15 is 0 Å². The average molecular weight is 402 g/mol. The van der Waals surface area contributed by atoms with Gasteiger partial charge in [0.1, 0.15) is 11.5 Å². The molecule has 2 aromatic heterocycles. The van der Waals surface area contributed by atoms with Crippen LogP contribution in [0.25, 0.3) is 21.8 Å². The van der Waals surface area contributed by atoms with Crippen molar-refractivity contribution in [3.63, 3.8) is 0 Å². The van der Waals surface area contributed by atoms with E-state index < -0.39 is 23.2 Å². The molecule has 7 N–H and O–H groups in total. The molecule has 0 aliphatic carbocycles.